The van der Waals surface area contributed by atoms with Crippen LogP contribution in [0.25, 0.3) is 0 Å². The molecule has 3 aromatic carbocycles. The van der Waals surface area contributed by atoms with Crippen molar-refractivity contribution >= 4 is 131 Å². The number of carbonyl (C=O) groups excluding carboxylic acids is 3. The van der Waals surface area contributed by atoms with Gasteiger partial charge in [-0.25, -0.2) is 64.5 Å². The molecular formula is C77H83Br2ClF8N12O12S3. The van der Waals surface area contributed by atoms with Crippen molar-refractivity contribution < 1.29 is 93.4 Å². The summed E-state index contributed by atoms with van der Waals surface area (Å²) in [4.78, 5) is 105. The number of alkyl halides is 6. The zero-order chi connectivity index (χ0) is 83.6. The molecule has 3 aromatic heterocycles. The SMILES string of the molecule is CCOC(=O)C1=C(CN2CC(F)(F)C(C)(C)[C@H]2CCC(=O)O)NC(c2nccs2)=N[C@H]1c1ccc(F)cc1Br.CCOC(=O)C1=C(CN2CC(F)(F)C[C@@H]2CCCCC(=O)O)NC(c2nccs2)=N[C@H]1c1ccccc1Cl.COC(=O)C1=C(CN2CC(F)(F)C(C)(C)[C@H]2CCC(=O)O)NC(c2nccs2)=N[C@H]1c1ccc(F)cc1Br. The molecule has 6 N–H and O–H groups in total. The van der Waals surface area contributed by atoms with Gasteiger partial charge in [0.2, 0.25) is 0 Å². The Morgan fingerprint density at radius 2 is 0.930 bits per heavy atom. The molecule has 6 aliphatic heterocycles. The summed E-state index contributed by atoms with van der Waals surface area (Å²) < 4.78 is 134. The Morgan fingerprint density at radius 1 is 0.539 bits per heavy atom. The van der Waals surface area contributed by atoms with Crippen molar-refractivity contribution in [2.24, 2.45) is 25.8 Å². The molecule has 6 atom stereocenters. The number of nitrogens with zero attached hydrogens (tertiary/aromatic N) is 9. The fourth-order valence-electron chi connectivity index (χ4n) is 14.8. The molecule has 3 saturated heterocycles. The second kappa shape index (κ2) is 37.9. The van der Waals surface area contributed by atoms with E-state index in [4.69, 9.17) is 45.9 Å². The van der Waals surface area contributed by atoms with E-state index in [9.17, 15) is 56.5 Å². The molecule has 6 aromatic rings. The van der Waals surface area contributed by atoms with Crippen LogP contribution in [-0.2, 0) is 43.0 Å². The minimum atomic E-state index is -3.11. The number of aliphatic imine (C=N–C) groups is 3. The molecule has 0 radical (unpaired) electrons. The molecule has 24 nitrogen and oxygen atoms in total. The fraction of sp³-hybridized carbons (Fsp3) is 0.455. The van der Waals surface area contributed by atoms with Gasteiger partial charge in [0.05, 0.1) is 56.7 Å². The van der Waals surface area contributed by atoms with E-state index in [1.165, 1.54) is 115 Å². The zero-order valence-electron chi connectivity index (χ0n) is 63.1. The molecule has 0 saturated carbocycles. The largest absolute Gasteiger partial charge is 0.481 e. The van der Waals surface area contributed by atoms with Crippen molar-refractivity contribution in [1.29, 1.82) is 0 Å². The van der Waals surface area contributed by atoms with Crippen LogP contribution >= 0.6 is 77.5 Å². The van der Waals surface area contributed by atoms with Crippen molar-refractivity contribution in [3.8, 4) is 0 Å². The van der Waals surface area contributed by atoms with Crippen molar-refractivity contribution in [2.75, 3.05) is 59.6 Å². The highest BCUT2D eigenvalue weighted by atomic mass is 79.9. The van der Waals surface area contributed by atoms with Crippen LogP contribution < -0.4 is 16.0 Å². The molecule has 115 heavy (non-hydrogen) atoms. The van der Waals surface area contributed by atoms with E-state index in [-0.39, 0.29) is 99.5 Å². The summed E-state index contributed by atoms with van der Waals surface area (Å²) in [5.74, 6) is -14.2. The summed E-state index contributed by atoms with van der Waals surface area (Å²) in [6, 6.07) is 10.2. The molecular weight excluding hydrogens is 1730 g/mol. The quantitative estimate of drug-likeness (QED) is 0.0115. The van der Waals surface area contributed by atoms with Crippen LogP contribution in [0.1, 0.15) is 149 Å². The van der Waals surface area contributed by atoms with Gasteiger partial charge >= 0.3 is 35.8 Å². The molecule has 12 rings (SSSR count). The summed E-state index contributed by atoms with van der Waals surface area (Å²) in [5.41, 5.74) is -0.182. The zero-order valence-corrected chi connectivity index (χ0v) is 69.5. The third-order valence-electron chi connectivity index (χ3n) is 20.6. The molecule has 9 heterocycles. The number of aliphatic carboxylic acids is 3. The van der Waals surface area contributed by atoms with E-state index >= 15 is 17.6 Å². The lowest BCUT2D eigenvalue weighted by Crippen LogP contribution is -2.44. The van der Waals surface area contributed by atoms with Crippen LogP contribution in [0.4, 0.5) is 35.1 Å². The highest BCUT2D eigenvalue weighted by molar-refractivity contribution is 9.10. The third-order valence-corrected chi connectivity index (χ3v) is 24.7. The molecule has 38 heteroatoms. The summed E-state index contributed by atoms with van der Waals surface area (Å²) >= 11 is 17.2. The number of likely N-dealkylation sites (tertiary alicyclic amines) is 3. The van der Waals surface area contributed by atoms with E-state index in [1.807, 2.05) is 0 Å². The van der Waals surface area contributed by atoms with E-state index in [0.29, 0.717) is 88.1 Å². The number of unbranched alkanes of at least 4 members (excludes halogenated alkanes) is 1. The molecule has 0 spiro atoms. The molecule has 0 bridgehead atoms. The predicted octanol–water partition coefficient (Wildman–Crippen LogP) is 15.0. The second-order valence-corrected chi connectivity index (χ2v) is 33.6. The number of carboxylic acids is 3. The smallest absolute Gasteiger partial charge is 0.338 e. The van der Waals surface area contributed by atoms with Gasteiger partial charge in [-0.1, -0.05) is 108 Å². The van der Waals surface area contributed by atoms with Crippen LogP contribution in [0.5, 0.6) is 0 Å². The first-order chi connectivity index (χ1) is 54.4. The van der Waals surface area contributed by atoms with Crippen molar-refractivity contribution in [3.05, 3.63) is 187 Å². The van der Waals surface area contributed by atoms with Crippen LogP contribution in [0.15, 0.2) is 153 Å². The molecule has 618 valence electrons. The maximum absolute atomic E-state index is 15.2. The Morgan fingerprint density at radius 3 is 1.30 bits per heavy atom. The monoisotopic (exact) mass is 1810 g/mol. The summed E-state index contributed by atoms with van der Waals surface area (Å²) in [6.45, 7) is 7.26. The van der Waals surface area contributed by atoms with Gasteiger partial charge in [0.25, 0.3) is 17.8 Å². The number of thiazole rings is 3. The van der Waals surface area contributed by atoms with Gasteiger partial charge in [-0.15, -0.1) is 34.0 Å². The van der Waals surface area contributed by atoms with Gasteiger partial charge in [-0.05, 0) is 81.0 Å². The highest BCUT2D eigenvalue weighted by Crippen LogP contribution is 2.52. The first-order valence-electron chi connectivity index (χ1n) is 36.4. The van der Waals surface area contributed by atoms with E-state index in [1.54, 1.807) is 77.7 Å². The van der Waals surface area contributed by atoms with E-state index in [0.717, 1.165) is 0 Å². The maximum Gasteiger partial charge on any atom is 0.338 e. The number of ether oxygens (including phenoxy) is 3. The standard InChI is InChI=1S/C26H28BrF3N4O4S.C26H29ClF2N4O4S.C25H26BrF3N4O4S/c1-4-38-24(37)20-17(12-34-13-26(29,30)25(2,3)18(34)7-8-19(35)36)32-22(23-31-9-10-39-23)33-21(20)15-6-5-14(28)11-16(15)27;1-2-37-25(36)21-19(14-33-15-26(28,29)13-16(33)7-3-6-10-20(34)35)31-23(24-30-11-12-38-24)32-22(21)17-8-4-5-9-18(17)27;1-24(2)17(6-7-18(34)35)33(12-25(24,28)29)11-16-19(23(36)37-3)20(14-5-4-13(27)10-15(14)26)32-21(31-16)22-30-8-9-38-22/h5-6,9-11,18,21H,4,7-8,12-13H2,1-3H3,(H,32,33)(H,35,36);4-5,8-9,11-12,16,22H,2-3,6-7,10,13-15H2,1H3,(H,31,32)(H,34,35);4-5,8-10,17,20H,6-7,11-12H2,1-3H3,(H,31,32)(H,34,35)/t18-,21+;16-,22-;17-,20+/m101/s1. The average molecular weight is 1810 g/mol. The lowest BCUT2D eigenvalue weighted by molar-refractivity contribution is -0.139. The van der Waals surface area contributed by atoms with Gasteiger partial charge in [-0.2, -0.15) is 0 Å². The number of rotatable bonds is 28. The minimum absolute atomic E-state index is 0.000306. The topological polar surface area (TPSA) is 312 Å². The van der Waals surface area contributed by atoms with Crippen LogP contribution in [0, 0.1) is 22.5 Å². The van der Waals surface area contributed by atoms with Crippen molar-refractivity contribution in [2.45, 2.75) is 153 Å². The lowest BCUT2D eigenvalue weighted by Gasteiger charge is -2.35. The number of carboxylic acid groups (broad SMARTS) is 3. The summed E-state index contributed by atoms with van der Waals surface area (Å²) in [7, 11) is 1.20. The second-order valence-electron chi connectivity index (χ2n) is 28.8. The van der Waals surface area contributed by atoms with Crippen LogP contribution in [-0.4, -0.2) is 194 Å². The molecule has 6 aliphatic rings. The number of benzene rings is 3. The van der Waals surface area contributed by atoms with Crippen molar-refractivity contribution in [1.82, 2.24) is 45.6 Å². The van der Waals surface area contributed by atoms with E-state index < -0.39 is 132 Å². The maximum atomic E-state index is 15.2. The van der Waals surface area contributed by atoms with Gasteiger partial charge in [0.1, 0.15) is 29.8 Å². The average Bonchev–Trinajstić information content (AvgIpc) is 1.60. The Balaban J connectivity index is 0.000000182. The molecule has 0 unspecified atom stereocenters. The Hall–Kier alpha value is -8.43. The first-order valence-corrected chi connectivity index (χ1v) is 41.0. The van der Waals surface area contributed by atoms with Crippen LogP contribution in [0.3, 0.4) is 0 Å². The Bertz CT molecular complexity index is 4770. The van der Waals surface area contributed by atoms with Gasteiger partial charge in [0, 0.05) is 146 Å². The minimum Gasteiger partial charge on any atom is -0.481 e. The summed E-state index contributed by atoms with van der Waals surface area (Å²) in [6.07, 6.45) is 5.24. The molecule has 0 amide bonds. The molecule has 3 fully saturated rings. The number of aromatic nitrogens is 3. The summed E-state index contributed by atoms with van der Waals surface area (Å²) in [5, 5.41) is 44.1. The molecule has 0 aliphatic carbocycles. The normalized spacial score (nSPS) is 22.1. The van der Waals surface area contributed by atoms with E-state index in [2.05, 4.69) is 62.8 Å². The van der Waals surface area contributed by atoms with Crippen LogP contribution in [0.2, 0.25) is 5.02 Å². The number of carbonyl (C=O) groups is 6. The first kappa shape index (κ1) is 88.9. The Kier molecular flexibility index (Phi) is 29.3. The number of methoxy groups -OCH3 is 1. The van der Waals surface area contributed by atoms with Gasteiger partial charge in [0.15, 0.2) is 32.5 Å². The number of amidine groups is 3. The number of nitrogens with one attached hydrogen (secondary N) is 3. The third kappa shape index (κ3) is 20.9. The lowest BCUT2D eigenvalue weighted by atomic mass is 9.79. The number of hydrogen-bond acceptors (Lipinski definition) is 24. The number of hydrogen-bond donors (Lipinski definition) is 6. The number of halogens is 11. The van der Waals surface area contributed by atoms with Gasteiger partial charge < -0.3 is 45.5 Å². The predicted molar refractivity (Wildman–Crippen MR) is 423 cm³/mol. The Labute approximate surface area is 690 Å². The van der Waals surface area contributed by atoms with Gasteiger partial charge in [-0.3, -0.25) is 44.1 Å². The van der Waals surface area contributed by atoms with Crippen molar-refractivity contribution in [3.63, 3.8) is 0 Å². The highest BCUT2D eigenvalue weighted by Gasteiger charge is 2.62. The fourth-order valence-corrected chi connectivity index (χ4v) is 17.9. The number of esters is 3.